The van der Waals surface area contributed by atoms with Crippen molar-refractivity contribution in [2.45, 2.75) is 26.3 Å². The summed E-state index contributed by atoms with van der Waals surface area (Å²) < 4.78 is 5.55. The summed E-state index contributed by atoms with van der Waals surface area (Å²) in [5.74, 6) is 0.0337. The van der Waals surface area contributed by atoms with E-state index in [1.807, 2.05) is 38.1 Å². The Labute approximate surface area is 113 Å². The third-order valence-corrected chi connectivity index (χ3v) is 3.36. The number of fused-ring (bicyclic) bond motifs is 1. The highest BCUT2D eigenvalue weighted by atomic mass is 16.5. The Kier molecular flexibility index (Phi) is 4.06. The fourth-order valence-corrected chi connectivity index (χ4v) is 2.26. The summed E-state index contributed by atoms with van der Waals surface area (Å²) in [4.78, 5) is 12.1. The summed E-state index contributed by atoms with van der Waals surface area (Å²) in [6.07, 6.45) is 0.735. The van der Waals surface area contributed by atoms with Crippen LogP contribution in [0.15, 0.2) is 24.3 Å². The Hall–Kier alpha value is -2.02. The Morgan fingerprint density at radius 1 is 1.47 bits per heavy atom. The lowest BCUT2D eigenvalue weighted by Crippen LogP contribution is -2.37. The molecule has 4 nitrogen and oxygen atoms in total. The second-order valence-corrected chi connectivity index (χ2v) is 5.09. The van der Waals surface area contributed by atoms with Gasteiger partial charge in [-0.15, -0.1) is 0 Å². The first-order chi connectivity index (χ1) is 9.13. The maximum absolute atomic E-state index is 12.1. The number of carbonyl (C=O) groups is 1. The first-order valence-corrected chi connectivity index (χ1v) is 6.55. The minimum Gasteiger partial charge on any atom is -0.493 e. The van der Waals surface area contributed by atoms with Crippen molar-refractivity contribution in [3.05, 3.63) is 29.8 Å². The van der Waals surface area contributed by atoms with Crippen molar-refractivity contribution in [1.82, 2.24) is 5.32 Å². The zero-order valence-electron chi connectivity index (χ0n) is 11.2. The molecular formula is C15H18N2O2. The largest absolute Gasteiger partial charge is 0.493 e. The van der Waals surface area contributed by atoms with Gasteiger partial charge in [-0.1, -0.05) is 32.0 Å². The normalized spacial score (nSPS) is 18.9. The molecule has 1 aromatic rings. The minimum atomic E-state index is -0.602. The van der Waals surface area contributed by atoms with Crippen molar-refractivity contribution >= 4 is 5.91 Å². The van der Waals surface area contributed by atoms with E-state index in [0.717, 1.165) is 17.7 Å². The monoisotopic (exact) mass is 258 g/mol. The zero-order valence-corrected chi connectivity index (χ0v) is 11.2. The van der Waals surface area contributed by atoms with E-state index in [4.69, 9.17) is 10.00 Å². The number of nitrogens with one attached hydrogen (secondary N) is 1. The average Bonchev–Trinajstić information content (AvgIpc) is 2.39. The van der Waals surface area contributed by atoms with Gasteiger partial charge in [0.25, 0.3) is 0 Å². The highest BCUT2D eigenvalue weighted by molar-refractivity contribution is 5.81. The van der Waals surface area contributed by atoms with Gasteiger partial charge in [0.1, 0.15) is 11.7 Å². The molecule has 0 fully saturated rings. The third kappa shape index (κ3) is 2.87. The van der Waals surface area contributed by atoms with Crippen LogP contribution in [0.5, 0.6) is 5.75 Å². The highest BCUT2D eigenvalue weighted by Gasteiger charge is 2.27. The van der Waals surface area contributed by atoms with Gasteiger partial charge >= 0.3 is 0 Å². The predicted molar refractivity (Wildman–Crippen MR) is 71.4 cm³/mol. The number of carbonyl (C=O) groups excluding carboxylic acids is 1. The van der Waals surface area contributed by atoms with Gasteiger partial charge in [0.05, 0.1) is 18.7 Å². The van der Waals surface area contributed by atoms with E-state index in [9.17, 15) is 4.79 Å². The van der Waals surface area contributed by atoms with E-state index in [2.05, 4.69) is 11.4 Å². The fourth-order valence-electron chi connectivity index (χ4n) is 2.26. The summed E-state index contributed by atoms with van der Waals surface area (Å²) >= 11 is 0. The van der Waals surface area contributed by atoms with Crippen LogP contribution in [-0.4, -0.2) is 12.5 Å². The van der Waals surface area contributed by atoms with Gasteiger partial charge in [0, 0.05) is 12.0 Å². The molecule has 0 bridgehead atoms. The molecule has 0 aromatic heterocycles. The molecule has 2 atom stereocenters. The van der Waals surface area contributed by atoms with Crippen LogP contribution in [0.2, 0.25) is 0 Å². The molecule has 19 heavy (non-hydrogen) atoms. The lowest BCUT2D eigenvalue weighted by Gasteiger charge is -2.27. The fraction of sp³-hybridized carbons (Fsp3) is 0.467. The lowest BCUT2D eigenvalue weighted by molar-refractivity contribution is -0.125. The number of hydrogen-bond donors (Lipinski definition) is 1. The molecule has 1 aromatic carbocycles. The number of rotatable bonds is 3. The Bertz CT molecular complexity index is 505. The summed E-state index contributed by atoms with van der Waals surface area (Å²) in [6.45, 7) is 4.34. The molecule has 0 radical (unpaired) electrons. The second-order valence-electron chi connectivity index (χ2n) is 5.09. The second kappa shape index (κ2) is 5.75. The van der Waals surface area contributed by atoms with Crippen LogP contribution in [0.4, 0.5) is 0 Å². The topological polar surface area (TPSA) is 62.1 Å². The van der Waals surface area contributed by atoms with Gasteiger partial charge in [0.2, 0.25) is 5.91 Å². The maximum Gasteiger partial charge on any atom is 0.238 e. The molecule has 0 saturated heterocycles. The van der Waals surface area contributed by atoms with Crippen LogP contribution in [0.1, 0.15) is 31.9 Å². The molecule has 1 N–H and O–H groups in total. The van der Waals surface area contributed by atoms with Crippen LogP contribution >= 0.6 is 0 Å². The van der Waals surface area contributed by atoms with Crippen LogP contribution in [0.25, 0.3) is 0 Å². The molecule has 1 aliphatic heterocycles. The number of benzene rings is 1. The maximum atomic E-state index is 12.1. The van der Waals surface area contributed by atoms with Gasteiger partial charge in [-0.3, -0.25) is 4.79 Å². The van der Waals surface area contributed by atoms with Gasteiger partial charge < -0.3 is 10.1 Å². The first-order valence-electron chi connectivity index (χ1n) is 6.55. The Morgan fingerprint density at radius 2 is 2.21 bits per heavy atom. The van der Waals surface area contributed by atoms with Gasteiger partial charge in [-0.25, -0.2) is 0 Å². The Morgan fingerprint density at radius 3 is 2.89 bits per heavy atom. The number of ether oxygens (including phenoxy) is 1. The molecule has 0 aliphatic carbocycles. The molecule has 1 heterocycles. The number of hydrogen-bond acceptors (Lipinski definition) is 3. The third-order valence-electron chi connectivity index (χ3n) is 3.36. The molecule has 1 amide bonds. The molecule has 100 valence electrons. The molecule has 1 aliphatic rings. The van der Waals surface area contributed by atoms with Crippen molar-refractivity contribution in [2.24, 2.45) is 11.8 Å². The lowest BCUT2D eigenvalue weighted by atomic mass is 9.94. The van der Waals surface area contributed by atoms with Gasteiger partial charge in [-0.2, -0.15) is 5.26 Å². The summed E-state index contributed by atoms with van der Waals surface area (Å²) in [7, 11) is 0. The quantitative estimate of drug-likeness (QED) is 0.905. The minimum absolute atomic E-state index is 0.0140. The molecule has 2 unspecified atom stereocenters. The zero-order chi connectivity index (χ0) is 13.8. The highest BCUT2D eigenvalue weighted by Crippen LogP contribution is 2.31. The smallest absolute Gasteiger partial charge is 0.238 e. The van der Waals surface area contributed by atoms with Crippen molar-refractivity contribution in [1.29, 1.82) is 5.26 Å². The molecule has 0 saturated carbocycles. The summed E-state index contributed by atoms with van der Waals surface area (Å²) in [5, 5.41) is 12.0. The van der Waals surface area contributed by atoms with Crippen LogP contribution in [0.3, 0.4) is 0 Å². The number of nitriles is 1. The van der Waals surface area contributed by atoms with Gasteiger partial charge in [-0.05, 0) is 12.0 Å². The van der Waals surface area contributed by atoms with Crippen LogP contribution in [-0.2, 0) is 4.79 Å². The number of para-hydroxylation sites is 1. The number of nitrogens with zero attached hydrogens (tertiary/aromatic N) is 1. The van der Waals surface area contributed by atoms with Crippen LogP contribution in [0, 0.1) is 23.2 Å². The molecule has 0 spiro atoms. The average molecular weight is 258 g/mol. The summed E-state index contributed by atoms with van der Waals surface area (Å²) in [6, 6.07) is 9.70. The van der Waals surface area contributed by atoms with Crippen molar-refractivity contribution in [3.63, 3.8) is 0 Å². The standard InChI is InChI=1S/C15H18N2O2/c1-10(2)12(9-16)15(18)17-13-7-8-19-14-6-4-3-5-11(13)14/h3-6,10,12-13H,7-8H2,1-2H3,(H,17,18). The van der Waals surface area contributed by atoms with E-state index in [1.54, 1.807) is 0 Å². The first kappa shape index (κ1) is 13.4. The van der Waals surface area contributed by atoms with E-state index >= 15 is 0 Å². The Balaban J connectivity index is 2.13. The van der Waals surface area contributed by atoms with Gasteiger partial charge in [0.15, 0.2) is 0 Å². The van der Waals surface area contributed by atoms with E-state index in [0.29, 0.717) is 6.61 Å². The van der Waals surface area contributed by atoms with E-state index in [-0.39, 0.29) is 17.9 Å². The molecule has 4 heteroatoms. The molecule has 2 rings (SSSR count). The van der Waals surface area contributed by atoms with E-state index < -0.39 is 5.92 Å². The van der Waals surface area contributed by atoms with E-state index in [1.165, 1.54) is 0 Å². The van der Waals surface area contributed by atoms with Crippen molar-refractivity contribution in [2.75, 3.05) is 6.61 Å². The number of amides is 1. The van der Waals surface area contributed by atoms with Crippen molar-refractivity contribution in [3.8, 4) is 11.8 Å². The summed E-state index contributed by atoms with van der Waals surface area (Å²) in [5.41, 5.74) is 0.988. The predicted octanol–water partition coefficient (Wildman–Crippen LogP) is 2.42. The van der Waals surface area contributed by atoms with Crippen LogP contribution < -0.4 is 10.1 Å². The molecular weight excluding hydrogens is 240 g/mol. The SMILES string of the molecule is CC(C)C(C#N)C(=O)NC1CCOc2ccccc21. The van der Waals surface area contributed by atoms with Crippen molar-refractivity contribution < 1.29 is 9.53 Å².